The highest BCUT2D eigenvalue weighted by Crippen LogP contribution is 2.26. The number of benzene rings is 1. The predicted molar refractivity (Wildman–Crippen MR) is 71.4 cm³/mol. The standard InChI is InChI=1S/C15H12N3O/c1-2-4-14-11(3-1)9-17-18(14)12-5-8-15(16-10-12)19-13-6-7-13/h2-5,8-10,13H,6-7H2. The Hall–Kier alpha value is -2.36. The second-order valence-electron chi connectivity index (χ2n) is 4.71. The minimum atomic E-state index is 0.374. The fourth-order valence-electron chi connectivity index (χ4n) is 2.04. The molecule has 2 aromatic heterocycles. The van der Waals surface area contributed by atoms with E-state index in [-0.39, 0.29) is 0 Å². The average Bonchev–Trinajstić information content (AvgIpc) is 3.16. The summed E-state index contributed by atoms with van der Waals surface area (Å²) in [4.78, 5) is 4.33. The molecule has 1 fully saturated rings. The van der Waals surface area contributed by atoms with Gasteiger partial charge in [-0.15, -0.1) is 0 Å². The van der Waals surface area contributed by atoms with Crippen LogP contribution in [0.15, 0.2) is 42.7 Å². The van der Waals surface area contributed by atoms with Gasteiger partial charge >= 0.3 is 0 Å². The maximum Gasteiger partial charge on any atom is 0.213 e. The van der Waals surface area contributed by atoms with Gasteiger partial charge in [0, 0.05) is 11.5 Å². The molecule has 0 aliphatic heterocycles. The molecule has 0 spiro atoms. The molecule has 4 heteroatoms. The summed E-state index contributed by atoms with van der Waals surface area (Å²) >= 11 is 0. The molecular formula is C15H12N3O. The molecule has 1 radical (unpaired) electrons. The molecule has 0 bridgehead atoms. The number of ether oxygens (including phenoxy) is 1. The molecule has 0 saturated heterocycles. The molecule has 19 heavy (non-hydrogen) atoms. The van der Waals surface area contributed by atoms with Gasteiger partial charge in [0.05, 0.1) is 23.6 Å². The molecule has 1 saturated carbocycles. The fraction of sp³-hybridized carbons (Fsp3) is 0.200. The van der Waals surface area contributed by atoms with E-state index in [1.165, 1.54) is 0 Å². The summed E-state index contributed by atoms with van der Waals surface area (Å²) in [6.45, 7) is 0. The highest BCUT2D eigenvalue weighted by Gasteiger charge is 2.23. The lowest BCUT2D eigenvalue weighted by atomic mass is 10.2. The van der Waals surface area contributed by atoms with Gasteiger partial charge in [-0.05, 0) is 37.1 Å². The number of nitrogens with zero attached hydrogens (tertiary/aromatic N) is 3. The molecule has 4 rings (SSSR count). The highest BCUT2D eigenvalue weighted by atomic mass is 16.5. The number of pyridine rings is 1. The van der Waals surface area contributed by atoms with Gasteiger partial charge in [0.2, 0.25) is 5.88 Å². The Morgan fingerprint density at radius 2 is 2.16 bits per heavy atom. The maximum absolute atomic E-state index is 5.64. The largest absolute Gasteiger partial charge is 0.474 e. The molecule has 2 heterocycles. The molecule has 0 atom stereocenters. The van der Waals surface area contributed by atoms with E-state index in [0.717, 1.165) is 29.4 Å². The highest BCUT2D eigenvalue weighted by molar-refractivity contribution is 5.79. The van der Waals surface area contributed by atoms with Crippen molar-refractivity contribution in [3.63, 3.8) is 0 Å². The summed E-state index contributed by atoms with van der Waals surface area (Å²) in [5.74, 6) is 0.691. The van der Waals surface area contributed by atoms with E-state index in [1.54, 1.807) is 6.20 Å². The first-order valence-corrected chi connectivity index (χ1v) is 6.37. The van der Waals surface area contributed by atoms with Gasteiger partial charge in [0.25, 0.3) is 0 Å². The zero-order valence-corrected chi connectivity index (χ0v) is 10.3. The lowest BCUT2D eigenvalue weighted by molar-refractivity contribution is 0.291. The molecule has 1 aliphatic carbocycles. The van der Waals surface area contributed by atoms with Crippen molar-refractivity contribution in [2.75, 3.05) is 0 Å². The van der Waals surface area contributed by atoms with Crippen molar-refractivity contribution in [2.24, 2.45) is 0 Å². The predicted octanol–water partition coefficient (Wildman–Crippen LogP) is 2.76. The van der Waals surface area contributed by atoms with Crippen molar-refractivity contribution in [3.05, 3.63) is 48.8 Å². The van der Waals surface area contributed by atoms with Gasteiger partial charge in [-0.25, -0.2) is 9.67 Å². The van der Waals surface area contributed by atoms with Crippen LogP contribution in [0.25, 0.3) is 16.6 Å². The first-order chi connectivity index (χ1) is 9.40. The van der Waals surface area contributed by atoms with Crippen molar-refractivity contribution in [1.82, 2.24) is 14.8 Å². The van der Waals surface area contributed by atoms with E-state index in [9.17, 15) is 0 Å². The van der Waals surface area contributed by atoms with E-state index in [2.05, 4.69) is 16.1 Å². The zero-order chi connectivity index (χ0) is 12.7. The summed E-state index contributed by atoms with van der Waals surface area (Å²) in [5.41, 5.74) is 1.99. The van der Waals surface area contributed by atoms with E-state index in [1.807, 2.05) is 41.2 Å². The van der Waals surface area contributed by atoms with Crippen molar-refractivity contribution in [3.8, 4) is 11.6 Å². The van der Waals surface area contributed by atoms with Gasteiger partial charge in [-0.3, -0.25) is 0 Å². The molecule has 3 aromatic rings. The van der Waals surface area contributed by atoms with Crippen molar-refractivity contribution >= 4 is 10.9 Å². The third-order valence-electron chi connectivity index (χ3n) is 3.19. The average molecular weight is 250 g/mol. The molecule has 0 unspecified atom stereocenters. The summed E-state index contributed by atoms with van der Waals surface area (Å²) in [7, 11) is 0. The first kappa shape index (κ1) is 10.6. The van der Waals surface area contributed by atoms with Gasteiger partial charge in [-0.1, -0.05) is 6.07 Å². The van der Waals surface area contributed by atoms with E-state index in [0.29, 0.717) is 12.0 Å². The molecule has 4 nitrogen and oxygen atoms in total. The molecule has 1 aromatic carbocycles. The second kappa shape index (κ2) is 4.09. The molecular weight excluding hydrogens is 238 g/mol. The van der Waals surface area contributed by atoms with Gasteiger partial charge < -0.3 is 4.74 Å². The first-order valence-electron chi connectivity index (χ1n) is 6.37. The van der Waals surface area contributed by atoms with Crippen molar-refractivity contribution in [2.45, 2.75) is 18.9 Å². The van der Waals surface area contributed by atoms with Crippen LogP contribution in [0.5, 0.6) is 5.88 Å². The SMILES string of the molecule is [c]1ccc2c(c1)cnn2-c1ccc(OC2CC2)nc1. The van der Waals surface area contributed by atoms with Crippen LogP contribution in [-0.2, 0) is 0 Å². The summed E-state index contributed by atoms with van der Waals surface area (Å²) < 4.78 is 7.51. The van der Waals surface area contributed by atoms with Crippen LogP contribution in [0.2, 0.25) is 0 Å². The Kier molecular flexibility index (Phi) is 2.27. The zero-order valence-electron chi connectivity index (χ0n) is 10.3. The Labute approximate surface area is 110 Å². The van der Waals surface area contributed by atoms with Crippen LogP contribution in [0.4, 0.5) is 0 Å². The van der Waals surface area contributed by atoms with Gasteiger partial charge in [0.1, 0.15) is 6.10 Å². The van der Waals surface area contributed by atoms with Crippen LogP contribution in [0.1, 0.15) is 12.8 Å². The quantitative estimate of drug-likeness (QED) is 0.717. The van der Waals surface area contributed by atoms with Crippen LogP contribution in [0.3, 0.4) is 0 Å². The summed E-state index contributed by atoms with van der Waals surface area (Å²) in [6, 6.07) is 12.7. The number of hydrogen-bond donors (Lipinski definition) is 0. The molecule has 1 aliphatic rings. The number of fused-ring (bicyclic) bond motifs is 1. The molecule has 0 amide bonds. The summed E-state index contributed by atoms with van der Waals surface area (Å²) in [5, 5.41) is 5.45. The normalized spacial score (nSPS) is 14.7. The number of hydrogen-bond acceptors (Lipinski definition) is 3. The Balaban J connectivity index is 1.70. The fourth-order valence-corrected chi connectivity index (χ4v) is 2.04. The van der Waals surface area contributed by atoms with E-state index >= 15 is 0 Å². The van der Waals surface area contributed by atoms with Crippen LogP contribution < -0.4 is 4.74 Å². The lowest BCUT2D eigenvalue weighted by Crippen LogP contribution is -2.00. The van der Waals surface area contributed by atoms with Crippen molar-refractivity contribution < 1.29 is 4.74 Å². The van der Waals surface area contributed by atoms with Crippen LogP contribution in [0, 0.1) is 6.07 Å². The van der Waals surface area contributed by atoms with Crippen molar-refractivity contribution in [1.29, 1.82) is 0 Å². The minimum Gasteiger partial charge on any atom is -0.474 e. The Morgan fingerprint density at radius 3 is 2.95 bits per heavy atom. The third-order valence-corrected chi connectivity index (χ3v) is 3.19. The van der Waals surface area contributed by atoms with E-state index < -0.39 is 0 Å². The third kappa shape index (κ3) is 1.95. The topological polar surface area (TPSA) is 39.9 Å². The minimum absolute atomic E-state index is 0.374. The summed E-state index contributed by atoms with van der Waals surface area (Å²) in [6.07, 6.45) is 6.29. The van der Waals surface area contributed by atoms with Gasteiger partial charge in [0.15, 0.2) is 0 Å². The Morgan fingerprint density at radius 1 is 1.21 bits per heavy atom. The van der Waals surface area contributed by atoms with Crippen LogP contribution >= 0.6 is 0 Å². The van der Waals surface area contributed by atoms with E-state index in [4.69, 9.17) is 4.74 Å². The number of aromatic nitrogens is 3. The molecule has 0 N–H and O–H groups in total. The molecule has 93 valence electrons. The lowest BCUT2D eigenvalue weighted by Gasteiger charge is -2.05. The smallest absolute Gasteiger partial charge is 0.213 e. The monoisotopic (exact) mass is 250 g/mol. The maximum atomic E-state index is 5.64. The van der Waals surface area contributed by atoms with Gasteiger partial charge in [-0.2, -0.15) is 5.10 Å². The van der Waals surface area contributed by atoms with Crippen LogP contribution in [-0.4, -0.2) is 20.9 Å². The Bertz CT molecular complexity index is 714. The number of rotatable bonds is 3. The second-order valence-corrected chi connectivity index (χ2v) is 4.71.